The fourth-order valence-electron chi connectivity index (χ4n) is 4.46. The second kappa shape index (κ2) is 5.19. The normalized spacial score (nSPS) is 35.0. The van der Waals surface area contributed by atoms with Gasteiger partial charge in [0.2, 0.25) is 0 Å². The van der Waals surface area contributed by atoms with Gasteiger partial charge < -0.3 is 0 Å². The topological polar surface area (TPSA) is 34.1 Å². The first-order valence-corrected chi connectivity index (χ1v) is 8.16. The Morgan fingerprint density at radius 2 is 2.00 bits per heavy atom. The van der Waals surface area contributed by atoms with Gasteiger partial charge >= 0.3 is 0 Å². The van der Waals surface area contributed by atoms with Gasteiger partial charge in [0.1, 0.15) is 0 Å². The van der Waals surface area contributed by atoms with E-state index in [-0.39, 0.29) is 29.3 Å². The Labute approximate surface area is 132 Å². The van der Waals surface area contributed by atoms with Crippen LogP contribution in [0.25, 0.3) is 0 Å². The highest BCUT2D eigenvalue weighted by molar-refractivity contribution is 6.17. The summed E-state index contributed by atoms with van der Waals surface area (Å²) < 4.78 is 0. The molecule has 3 rings (SSSR count). The predicted molar refractivity (Wildman–Crippen MR) is 88.2 cm³/mol. The molecule has 4 atom stereocenters. The predicted octanol–water partition coefficient (Wildman–Crippen LogP) is 4.20. The monoisotopic (exact) mass is 296 g/mol. The molecular weight excluding hydrogens is 272 g/mol. The van der Waals surface area contributed by atoms with Crippen LogP contribution in [0.15, 0.2) is 47.1 Å². The van der Waals surface area contributed by atoms with Crippen LogP contribution in [0.2, 0.25) is 0 Å². The molecular formula is C20H24O2. The van der Waals surface area contributed by atoms with Crippen LogP contribution in [0.1, 0.15) is 40.0 Å². The van der Waals surface area contributed by atoms with E-state index in [0.717, 1.165) is 40.7 Å². The smallest absolute Gasteiger partial charge is 0.184 e. The lowest BCUT2D eigenvalue weighted by Gasteiger charge is -2.39. The Hall–Kier alpha value is -1.70. The number of Topliss-reactive ketones (excluding diaryl/α,β-unsaturated/α-hetero) is 2. The van der Waals surface area contributed by atoms with Gasteiger partial charge in [0.05, 0.1) is 0 Å². The fourth-order valence-corrected chi connectivity index (χ4v) is 4.46. The van der Waals surface area contributed by atoms with Gasteiger partial charge in [-0.3, -0.25) is 9.59 Å². The maximum atomic E-state index is 12.7. The third-order valence-electron chi connectivity index (χ3n) is 5.63. The fraction of sp³-hybridized carbons (Fsp3) is 0.500. The molecule has 0 saturated heterocycles. The van der Waals surface area contributed by atoms with E-state index in [1.54, 1.807) is 0 Å². The third-order valence-corrected chi connectivity index (χ3v) is 5.63. The van der Waals surface area contributed by atoms with Gasteiger partial charge in [-0.1, -0.05) is 37.3 Å². The summed E-state index contributed by atoms with van der Waals surface area (Å²) in [6.45, 7) is 14.3. The van der Waals surface area contributed by atoms with Crippen molar-refractivity contribution in [3.63, 3.8) is 0 Å². The summed E-state index contributed by atoms with van der Waals surface area (Å²) in [4.78, 5) is 25.4. The first-order chi connectivity index (χ1) is 10.3. The zero-order valence-corrected chi connectivity index (χ0v) is 13.7. The molecule has 0 N–H and O–H groups in total. The van der Waals surface area contributed by atoms with Crippen LogP contribution in [0, 0.1) is 23.7 Å². The van der Waals surface area contributed by atoms with Crippen LogP contribution in [-0.4, -0.2) is 11.6 Å². The Morgan fingerprint density at radius 3 is 2.64 bits per heavy atom. The van der Waals surface area contributed by atoms with Gasteiger partial charge in [0, 0.05) is 23.0 Å². The summed E-state index contributed by atoms with van der Waals surface area (Å²) in [6.07, 6.45) is 4.61. The quantitative estimate of drug-likeness (QED) is 0.680. The summed E-state index contributed by atoms with van der Waals surface area (Å²) in [5.74, 6) is 0.640. The minimum atomic E-state index is -0.0708. The van der Waals surface area contributed by atoms with Crippen LogP contribution >= 0.6 is 0 Å². The molecule has 3 aliphatic rings. The number of fused-ring (bicyclic) bond motifs is 2. The molecule has 0 aromatic rings. The van der Waals surface area contributed by atoms with E-state index >= 15 is 0 Å². The largest absolute Gasteiger partial charge is 0.294 e. The van der Waals surface area contributed by atoms with E-state index in [0.29, 0.717) is 12.3 Å². The number of rotatable bonds is 1. The number of ketones is 2. The Kier molecular flexibility index (Phi) is 3.58. The first-order valence-electron chi connectivity index (χ1n) is 8.16. The lowest BCUT2D eigenvalue weighted by molar-refractivity contribution is -0.118. The summed E-state index contributed by atoms with van der Waals surface area (Å²) in [5.41, 5.74) is 4.55. The molecule has 0 aromatic carbocycles. The lowest BCUT2D eigenvalue weighted by Crippen LogP contribution is -2.32. The molecule has 0 amide bonds. The second-order valence-corrected chi connectivity index (χ2v) is 7.25. The highest BCUT2D eigenvalue weighted by Gasteiger charge is 2.46. The van der Waals surface area contributed by atoms with Crippen LogP contribution < -0.4 is 0 Å². The van der Waals surface area contributed by atoms with Gasteiger partial charge in [-0.25, -0.2) is 0 Å². The summed E-state index contributed by atoms with van der Waals surface area (Å²) in [7, 11) is 0. The minimum Gasteiger partial charge on any atom is -0.294 e. The minimum absolute atomic E-state index is 0.00398. The van der Waals surface area contributed by atoms with Crippen molar-refractivity contribution in [2.45, 2.75) is 40.0 Å². The van der Waals surface area contributed by atoms with E-state index in [9.17, 15) is 9.59 Å². The molecule has 0 spiro atoms. The number of hydrogen-bond acceptors (Lipinski definition) is 2. The Balaban J connectivity index is 2.19. The lowest BCUT2D eigenvalue weighted by atomic mass is 9.64. The van der Waals surface area contributed by atoms with Crippen molar-refractivity contribution in [2.24, 2.45) is 23.7 Å². The highest BCUT2D eigenvalue weighted by atomic mass is 16.1. The number of carbonyl (C=O) groups is 2. The molecule has 0 heterocycles. The second-order valence-electron chi connectivity index (χ2n) is 7.25. The maximum absolute atomic E-state index is 12.7. The summed E-state index contributed by atoms with van der Waals surface area (Å²) >= 11 is 0. The van der Waals surface area contributed by atoms with Crippen LogP contribution in [-0.2, 0) is 9.59 Å². The van der Waals surface area contributed by atoms with Gasteiger partial charge in [-0.05, 0) is 50.5 Å². The Morgan fingerprint density at radius 1 is 1.32 bits per heavy atom. The average Bonchev–Trinajstić information content (AvgIpc) is 2.68. The van der Waals surface area contributed by atoms with E-state index in [1.807, 2.05) is 13.8 Å². The van der Waals surface area contributed by atoms with Gasteiger partial charge in [-0.2, -0.15) is 0 Å². The number of hydrogen-bond donors (Lipinski definition) is 0. The van der Waals surface area contributed by atoms with Crippen molar-refractivity contribution in [2.75, 3.05) is 0 Å². The first kappa shape index (κ1) is 15.2. The molecule has 0 aromatic heterocycles. The van der Waals surface area contributed by atoms with Crippen molar-refractivity contribution < 1.29 is 9.59 Å². The van der Waals surface area contributed by atoms with Gasteiger partial charge in [0.25, 0.3) is 0 Å². The van der Waals surface area contributed by atoms with Crippen molar-refractivity contribution >= 4 is 11.6 Å². The number of allylic oxidation sites excluding steroid dienone is 6. The molecule has 3 aliphatic carbocycles. The van der Waals surface area contributed by atoms with Crippen molar-refractivity contribution in [1.29, 1.82) is 0 Å². The van der Waals surface area contributed by atoms with Gasteiger partial charge in [-0.15, -0.1) is 0 Å². The molecule has 1 saturated carbocycles. The molecule has 0 radical (unpaired) electrons. The van der Waals surface area contributed by atoms with Gasteiger partial charge in [0.15, 0.2) is 11.6 Å². The van der Waals surface area contributed by atoms with Crippen LogP contribution in [0.4, 0.5) is 0 Å². The number of carbonyl (C=O) groups excluding carboxylic acids is 2. The molecule has 0 bridgehead atoms. The zero-order chi connectivity index (χ0) is 16.2. The average molecular weight is 296 g/mol. The highest BCUT2D eigenvalue weighted by Crippen LogP contribution is 2.50. The standard InChI is InChI=1S/C20H24O2/c1-10(2)14-7-6-11(3)17-15(14)8-12(4)19(21)16-9-13(5)20(22)18(16)17/h8,13-15,17H,1,3,6-7,9H2,2,4-5H3/t13?,14?,15-,17?/m1/s1. The molecule has 116 valence electrons. The van der Waals surface area contributed by atoms with E-state index in [2.05, 4.69) is 26.2 Å². The molecule has 3 unspecified atom stereocenters. The van der Waals surface area contributed by atoms with E-state index in [4.69, 9.17) is 0 Å². The zero-order valence-electron chi connectivity index (χ0n) is 13.7. The van der Waals surface area contributed by atoms with Crippen LogP contribution in [0.3, 0.4) is 0 Å². The van der Waals surface area contributed by atoms with E-state index in [1.165, 1.54) is 0 Å². The molecule has 2 nitrogen and oxygen atoms in total. The molecule has 2 heteroatoms. The molecule has 1 fully saturated rings. The van der Waals surface area contributed by atoms with Crippen molar-refractivity contribution in [3.05, 3.63) is 47.1 Å². The van der Waals surface area contributed by atoms with E-state index < -0.39 is 0 Å². The SMILES string of the molecule is C=C(C)C1CCC(=C)C2C3=C(CC(C)C3=O)C(=O)C(C)=C[C@H]12. The van der Waals surface area contributed by atoms with Crippen molar-refractivity contribution in [3.8, 4) is 0 Å². The molecule has 0 aliphatic heterocycles. The van der Waals surface area contributed by atoms with Crippen LogP contribution in [0.5, 0.6) is 0 Å². The summed E-state index contributed by atoms with van der Waals surface area (Å²) in [5, 5.41) is 0. The maximum Gasteiger partial charge on any atom is 0.184 e. The Bertz CT molecular complexity index is 659. The molecule has 22 heavy (non-hydrogen) atoms. The third kappa shape index (κ3) is 2.08. The van der Waals surface area contributed by atoms with Crippen molar-refractivity contribution in [1.82, 2.24) is 0 Å². The summed E-state index contributed by atoms with van der Waals surface area (Å²) in [6, 6.07) is 0.